The van der Waals surface area contributed by atoms with Crippen LogP contribution in [-0.4, -0.2) is 49.2 Å². The first-order valence-corrected chi connectivity index (χ1v) is 11.5. The SMILES string of the molecule is CC(=O)Nc1ccc(S(=O)(=O)N2CCC(N3CCc4ccccc4C3)C2)c(C)c1. The van der Waals surface area contributed by atoms with Crippen molar-refractivity contribution in [3.05, 3.63) is 59.2 Å². The summed E-state index contributed by atoms with van der Waals surface area (Å²) in [5, 5.41) is 2.70. The fraction of sp³-hybridized carbons (Fsp3) is 0.409. The molecule has 0 saturated carbocycles. The Balaban J connectivity index is 1.48. The van der Waals surface area contributed by atoms with Gasteiger partial charge in [-0.1, -0.05) is 24.3 Å². The van der Waals surface area contributed by atoms with E-state index in [1.54, 1.807) is 29.4 Å². The van der Waals surface area contributed by atoms with Gasteiger partial charge in [-0.15, -0.1) is 0 Å². The van der Waals surface area contributed by atoms with E-state index in [1.807, 2.05) is 0 Å². The van der Waals surface area contributed by atoms with Crippen LogP contribution in [0.5, 0.6) is 0 Å². The van der Waals surface area contributed by atoms with Crippen molar-refractivity contribution in [1.82, 2.24) is 9.21 Å². The molecule has 1 N–H and O–H groups in total. The Hall–Kier alpha value is -2.22. The number of carbonyl (C=O) groups excluding carboxylic acids is 1. The second-order valence-corrected chi connectivity index (χ2v) is 9.86. The molecule has 1 atom stereocenters. The molecule has 2 aliphatic heterocycles. The third-order valence-electron chi connectivity index (χ3n) is 5.92. The smallest absolute Gasteiger partial charge is 0.243 e. The number of nitrogens with one attached hydrogen (secondary N) is 1. The number of hydrogen-bond acceptors (Lipinski definition) is 4. The number of carbonyl (C=O) groups is 1. The highest BCUT2D eigenvalue weighted by molar-refractivity contribution is 7.89. The molecule has 2 aromatic carbocycles. The largest absolute Gasteiger partial charge is 0.326 e. The van der Waals surface area contributed by atoms with E-state index >= 15 is 0 Å². The molecular formula is C22H27N3O3S. The summed E-state index contributed by atoms with van der Waals surface area (Å²) < 4.78 is 28.1. The lowest BCUT2D eigenvalue weighted by Crippen LogP contribution is -2.41. The Labute approximate surface area is 172 Å². The van der Waals surface area contributed by atoms with Crippen LogP contribution in [0.4, 0.5) is 5.69 Å². The molecule has 6 nitrogen and oxygen atoms in total. The maximum absolute atomic E-state index is 13.2. The topological polar surface area (TPSA) is 69.7 Å². The monoisotopic (exact) mass is 413 g/mol. The Kier molecular flexibility index (Phi) is 5.46. The molecular weight excluding hydrogens is 386 g/mol. The molecule has 0 aromatic heterocycles. The van der Waals surface area contributed by atoms with Gasteiger partial charge in [-0.3, -0.25) is 9.69 Å². The van der Waals surface area contributed by atoms with Gasteiger partial charge in [-0.25, -0.2) is 8.42 Å². The van der Waals surface area contributed by atoms with Crippen molar-refractivity contribution in [1.29, 1.82) is 0 Å². The van der Waals surface area contributed by atoms with Crippen LogP contribution in [0.25, 0.3) is 0 Å². The molecule has 1 fully saturated rings. The Bertz CT molecular complexity index is 1040. The van der Waals surface area contributed by atoms with E-state index in [0.29, 0.717) is 29.2 Å². The van der Waals surface area contributed by atoms with Crippen LogP contribution in [0.15, 0.2) is 47.4 Å². The molecule has 4 rings (SSSR count). The number of fused-ring (bicyclic) bond motifs is 1. The zero-order chi connectivity index (χ0) is 20.6. The van der Waals surface area contributed by atoms with Crippen LogP contribution in [0, 0.1) is 6.92 Å². The van der Waals surface area contributed by atoms with Crippen LogP contribution >= 0.6 is 0 Å². The quantitative estimate of drug-likeness (QED) is 0.837. The summed E-state index contributed by atoms with van der Waals surface area (Å²) in [6.45, 7) is 6.13. The first-order valence-electron chi connectivity index (χ1n) is 10.0. The van der Waals surface area contributed by atoms with Crippen LogP contribution in [0.1, 0.15) is 30.0 Å². The maximum atomic E-state index is 13.2. The summed E-state index contributed by atoms with van der Waals surface area (Å²) in [6.07, 6.45) is 1.87. The van der Waals surface area contributed by atoms with Crippen molar-refractivity contribution in [2.24, 2.45) is 0 Å². The fourth-order valence-corrected chi connectivity index (χ4v) is 6.11. The van der Waals surface area contributed by atoms with E-state index < -0.39 is 10.0 Å². The van der Waals surface area contributed by atoms with Gasteiger partial charge in [-0.2, -0.15) is 4.31 Å². The number of anilines is 1. The number of hydrogen-bond donors (Lipinski definition) is 1. The van der Waals surface area contributed by atoms with E-state index in [0.717, 1.165) is 25.9 Å². The summed E-state index contributed by atoms with van der Waals surface area (Å²) >= 11 is 0. The van der Waals surface area contributed by atoms with Crippen LogP contribution in [-0.2, 0) is 27.8 Å². The van der Waals surface area contributed by atoms with Gasteiger partial charge in [0, 0.05) is 44.8 Å². The third kappa shape index (κ3) is 4.08. The van der Waals surface area contributed by atoms with Crippen molar-refractivity contribution in [3.63, 3.8) is 0 Å². The molecule has 0 spiro atoms. The minimum absolute atomic E-state index is 0.175. The van der Waals surface area contributed by atoms with Gasteiger partial charge in [0.05, 0.1) is 4.90 Å². The van der Waals surface area contributed by atoms with Gasteiger partial charge in [0.1, 0.15) is 0 Å². The molecule has 1 saturated heterocycles. The number of rotatable bonds is 4. The lowest BCUT2D eigenvalue weighted by Gasteiger charge is -2.33. The van der Waals surface area contributed by atoms with E-state index in [-0.39, 0.29) is 11.9 Å². The van der Waals surface area contributed by atoms with Crippen molar-refractivity contribution in [2.45, 2.75) is 44.2 Å². The Morgan fingerprint density at radius 1 is 1.10 bits per heavy atom. The lowest BCUT2D eigenvalue weighted by atomic mass is 9.98. The summed E-state index contributed by atoms with van der Waals surface area (Å²) in [5.74, 6) is -0.175. The van der Waals surface area contributed by atoms with E-state index in [2.05, 4.69) is 34.5 Å². The molecule has 29 heavy (non-hydrogen) atoms. The number of aryl methyl sites for hydroxylation is 1. The van der Waals surface area contributed by atoms with Crippen molar-refractivity contribution < 1.29 is 13.2 Å². The summed E-state index contributed by atoms with van der Waals surface area (Å²) in [6, 6.07) is 13.7. The minimum Gasteiger partial charge on any atom is -0.326 e. The Morgan fingerprint density at radius 3 is 2.59 bits per heavy atom. The molecule has 1 amide bonds. The lowest BCUT2D eigenvalue weighted by molar-refractivity contribution is -0.114. The van der Waals surface area contributed by atoms with Gasteiger partial charge < -0.3 is 5.32 Å². The van der Waals surface area contributed by atoms with E-state index in [1.165, 1.54) is 18.1 Å². The van der Waals surface area contributed by atoms with Crippen molar-refractivity contribution in [2.75, 3.05) is 25.0 Å². The number of amides is 1. The van der Waals surface area contributed by atoms with Gasteiger partial charge in [0.15, 0.2) is 0 Å². The average Bonchev–Trinajstić information content (AvgIpc) is 3.18. The predicted octanol–water partition coefficient (Wildman–Crippen LogP) is 2.77. The number of sulfonamides is 1. The summed E-state index contributed by atoms with van der Waals surface area (Å²) in [4.78, 5) is 14.0. The van der Waals surface area contributed by atoms with Gasteiger partial charge in [0.25, 0.3) is 0 Å². The third-order valence-corrected chi connectivity index (χ3v) is 7.94. The van der Waals surface area contributed by atoms with Crippen LogP contribution in [0.2, 0.25) is 0 Å². The molecule has 2 heterocycles. The first kappa shape index (κ1) is 20.1. The number of benzene rings is 2. The van der Waals surface area contributed by atoms with Gasteiger partial charge >= 0.3 is 0 Å². The minimum atomic E-state index is -3.55. The zero-order valence-corrected chi connectivity index (χ0v) is 17.7. The highest BCUT2D eigenvalue weighted by atomic mass is 32.2. The Morgan fingerprint density at radius 2 is 1.86 bits per heavy atom. The molecule has 2 aliphatic rings. The van der Waals surface area contributed by atoms with Crippen molar-refractivity contribution in [3.8, 4) is 0 Å². The summed E-state index contributed by atoms with van der Waals surface area (Å²) in [7, 11) is -3.55. The standard InChI is InChI=1S/C22H27N3O3S/c1-16-13-20(23-17(2)26)7-8-22(16)29(27,28)25-12-10-21(15-25)24-11-9-18-5-3-4-6-19(18)14-24/h3-8,13,21H,9-12,14-15H2,1-2H3,(H,23,26). The van der Waals surface area contributed by atoms with E-state index in [4.69, 9.17) is 0 Å². The predicted molar refractivity (Wildman–Crippen MR) is 113 cm³/mol. The van der Waals surface area contributed by atoms with Crippen LogP contribution < -0.4 is 5.32 Å². The zero-order valence-electron chi connectivity index (χ0n) is 16.9. The van der Waals surface area contributed by atoms with Gasteiger partial charge in [0.2, 0.25) is 15.9 Å². The second kappa shape index (κ2) is 7.89. The molecule has 154 valence electrons. The molecule has 7 heteroatoms. The van der Waals surface area contributed by atoms with E-state index in [9.17, 15) is 13.2 Å². The van der Waals surface area contributed by atoms with Gasteiger partial charge in [-0.05, 0) is 54.7 Å². The number of nitrogens with zero attached hydrogens (tertiary/aromatic N) is 2. The highest BCUT2D eigenvalue weighted by Gasteiger charge is 2.36. The average molecular weight is 414 g/mol. The maximum Gasteiger partial charge on any atom is 0.243 e. The molecule has 1 unspecified atom stereocenters. The molecule has 0 radical (unpaired) electrons. The molecule has 0 bridgehead atoms. The van der Waals surface area contributed by atoms with Crippen LogP contribution in [0.3, 0.4) is 0 Å². The normalized spacial score (nSPS) is 20.4. The molecule has 0 aliphatic carbocycles. The van der Waals surface area contributed by atoms with Crippen molar-refractivity contribution >= 4 is 21.6 Å². The fourth-order valence-electron chi connectivity index (χ4n) is 4.42. The molecule has 2 aromatic rings. The first-order chi connectivity index (χ1) is 13.8. The summed E-state index contributed by atoms with van der Waals surface area (Å²) in [5.41, 5.74) is 4.01. The second-order valence-electron chi connectivity index (χ2n) is 7.96. The highest BCUT2D eigenvalue weighted by Crippen LogP contribution is 2.29.